The number of carboxylic acid groups (broad SMARTS) is 1. The zero-order valence-corrected chi connectivity index (χ0v) is 8.94. The minimum atomic E-state index is -0.838. The van der Waals surface area contributed by atoms with E-state index < -0.39 is 11.9 Å². The molecular weight excluding hydrogens is 198 g/mol. The van der Waals surface area contributed by atoms with Gasteiger partial charge in [-0.1, -0.05) is 13.3 Å². The van der Waals surface area contributed by atoms with Crippen LogP contribution in [0.2, 0.25) is 0 Å². The zero-order chi connectivity index (χ0) is 11.3. The average Bonchev–Trinajstić information content (AvgIpc) is 2.20. The van der Waals surface area contributed by atoms with Gasteiger partial charge in [0.05, 0.1) is 12.5 Å². The molecule has 1 amide bonds. The molecule has 0 bridgehead atoms. The molecule has 1 unspecified atom stereocenters. The van der Waals surface area contributed by atoms with E-state index >= 15 is 0 Å². The Hall–Kier alpha value is -1.26. The van der Waals surface area contributed by atoms with Crippen LogP contribution < -0.4 is 0 Å². The lowest BCUT2D eigenvalue weighted by Crippen LogP contribution is -2.42. The SMILES string of the molecule is CCCC(CN1CCCOC1=O)C(=O)O. The van der Waals surface area contributed by atoms with Crippen molar-refractivity contribution < 1.29 is 19.4 Å². The Morgan fingerprint density at radius 1 is 1.67 bits per heavy atom. The number of hydrogen-bond acceptors (Lipinski definition) is 3. The minimum Gasteiger partial charge on any atom is -0.481 e. The van der Waals surface area contributed by atoms with Crippen molar-refractivity contribution in [2.75, 3.05) is 19.7 Å². The van der Waals surface area contributed by atoms with Crippen LogP contribution in [0.3, 0.4) is 0 Å². The number of carbonyl (C=O) groups is 2. The summed E-state index contributed by atoms with van der Waals surface area (Å²) >= 11 is 0. The predicted molar refractivity (Wildman–Crippen MR) is 53.6 cm³/mol. The summed E-state index contributed by atoms with van der Waals surface area (Å²) in [5, 5.41) is 8.94. The molecule has 0 aromatic heterocycles. The largest absolute Gasteiger partial charge is 0.481 e. The van der Waals surface area contributed by atoms with Gasteiger partial charge in [-0.25, -0.2) is 4.79 Å². The quantitative estimate of drug-likeness (QED) is 0.751. The molecule has 86 valence electrons. The summed E-state index contributed by atoms with van der Waals surface area (Å²) in [6.07, 6.45) is 1.80. The van der Waals surface area contributed by atoms with Gasteiger partial charge in [-0.2, -0.15) is 0 Å². The second-order valence-electron chi connectivity index (χ2n) is 3.74. The number of cyclic esters (lactones) is 1. The van der Waals surface area contributed by atoms with Gasteiger partial charge in [-0.05, 0) is 12.8 Å². The lowest BCUT2D eigenvalue weighted by atomic mass is 10.0. The van der Waals surface area contributed by atoms with Crippen LogP contribution in [0.15, 0.2) is 0 Å². The van der Waals surface area contributed by atoms with Gasteiger partial charge < -0.3 is 14.7 Å². The van der Waals surface area contributed by atoms with Crippen molar-refractivity contribution in [2.45, 2.75) is 26.2 Å². The summed E-state index contributed by atoms with van der Waals surface area (Å²) in [5.41, 5.74) is 0. The number of carboxylic acids is 1. The number of nitrogens with zero attached hydrogens (tertiary/aromatic N) is 1. The highest BCUT2D eigenvalue weighted by Gasteiger charge is 2.26. The van der Waals surface area contributed by atoms with Crippen LogP contribution in [0.1, 0.15) is 26.2 Å². The molecule has 5 nitrogen and oxygen atoms in total. The van der Waals surface area contributed by atoms with E-state index in [1.807, 2.05) is 6.92 Å². The molecule has 0 radical (unpaired) electrons. The first-order valence-corrected chi connectivity index (χ1v) is 5.29. The number of hydrogen-bond donors (Lipinski definition) is 1. The maximum atomic E-state index is 11.3. The second kappa shape index (κ2) is 5.58. The first kappa shape index (κ1) is 11.8. The fraction of sp³-hybridized carbons (Fsp3) is 0.800. The average molecular weight is 215 g/mol. The third-order valence-corrected chi connectivity index (χ3v) is 2.48. The summed E-state index contributed by atoms with van der Waals surface area (Å²) in [5.74, 6) is -1.31. The molecule has 5 heteroatoms. The van der Waals surface area contributed by atoms with Crippen LogP contribution in [-0.2, 0) is 9.53 Å². The molecule has 1 saturated heterocycles. The van der Waals surface area contributed by atoms with Gasteiger partial charge in [-0.15, -0.1) is 0 Å². The topological polar surface area (TPSA) is 66.8 Å². The molecule has 1 fully saturated rings. The number of ether oxygens (including phenoxy) is 1. The van der Waals surface area contributed by atoms with E-state index in [0.29, 0.717) is 19.6 Å². The molecule has 0 saturated carbocycles. The van der Waals surface area contributed by atoms with E-state index in [-0.39, 0.29) is 12.6 Å². The maximum absolute atomic E-state index is 11.3. The van der Waals surface area contributed by atoms with Gasteiger partial charge in [-0.3, -0.25) is 4.79 Å². The molecule has 1 rings (SSSR count). The predicted octanol–water partition coefficient (Wildman–Crippen LogP) is 1.33. The van der Waals surface area contributed by atoms with Crippen LogP contribution in [-0.4, -0.2) is 41.8 Å². The van der Waals surface area contributed by atoms with E-state index in [1.54, 1.807) is 0 Å². The Morgan fingerprint density at radius 3 is 2.93 bits per heavy atom. The smallest absolute Gasteiger partial charge is 0.409 e. The number of amides is 1. The highest BCUT2D eigenvalue weighted by Crippen LogP contribution is 2.13. The Kier molecular flexibility index (Phi) is 4.39. The monoisotopic (exact) mass is 215 g/mol. The molecule has 0 aromatic carbocycles. The van der Waals surface area contributed by atoms with Gasteiger partial charge in [0.2, 0.25) is 0 Å². The fourth-order valence-electron chi connectivity index (χ4n) is 1.67. The third-order valence-electron chi connectivity index (χ3n) is 2.48. The van der Waals surface area contributed by atoms with Crippen molar-refractivity contribution in [3.8, 4) is 0 Å². The minimum absolute atomic E-state index is 0.266. The normalized spacial score (nSPS) is 18.5. The number of aliphatic carboxylic acids is 1. The molecule has 15 heavy (non-hydrogen) atoms. The molecule has 1 atom stereocenters. The zero-order valence-electron chi connectivity index (χ0n) is 8.94. The Balaban J connectivity index is 2.48. The third kappa shape index (κ3) is 3.42. The van der Waals surface area contributed by atoms with Crippen molar-refractivity contribution in [1.29, 1.82) is 0 Å². The summed E-state index contributed by atoms with van der Waals surface area (Å²) in [7, 11) is 0. The van der Waals surface area contributed by atoms with Gasteiger partial charge >= 0.3 is 12.1 Å². The highest BCUT2D eigenvalue weighted by molar-refractivity contribution is 5.72. The Labute approximate surface area is 89.0 Å². The van der Waals surface area contributed by atoms with Crippen LogP contribution >= 0.6 is 0 Å². The molecular formula is C10H17NO4. The molecule has 1 N–H and O–H groups in total. The first-order chi connectivity index (χ1) is 7.15. The molecule has 1 aliphatic rings. The summed E-state index contributed by atoms with van der Waals surface area (Å²) in [6, 6.07) is 0. The summed E-state index contributed by atoms with van der Waals surface area (Å²) in [4.78, 5) is 23.6. The van der Waals surface area contributed by atoms with Gasteiger partial charge in [0, 0.05) is 13.1 Å². The van der Waals surface area contributed by atoms with Crippen LogP contribution in [0.5, 0.6) is 0 Å². The van der Waals surface area contributed by atoms with Crippen LogP contribution in [0.25, 0.3) is 0 Å². The van der Waals surface area contributed by atoms with Crippen molar-refractivity contribution in [1.82, 2.24) is 4.90 Å². The van der Waals surface area contributed by atoms with Crippen molar-refractivity contribution >= 4 is 12.1 Å². The maximum Gasteiger partial charge on any atom is 0.409 e. The Bertz CT molecular complexity index is 240. The molecule has 1 heterocycles. The second-order valence-corrected chi connectivity index (χ2v) is 3.74. The lowest BCUT2D eigenvalue weighted by molar-refractivity contribution is -0.142. The van der Waals surface area contributed by atoms with Crippen molar-refractivity contribution in [3.63, 3.8) is 0 Å². The van der Waals surface area contributed by atoms with E-state index in [4.69, 9.17) is 9.84 Å². The van der Waals surface area contributed by atoms with Crippen molar-refractivity contribution in [3.05, 3.63) is 0 Å². The molecule has 0 spiro atoms. The van der Waals surface area contributed by atoms with Gasteiger partial charge in [0.25, 0.3) is 0 Å². The van der Waals surface area contributed by atoms with Crippen LogP contribution in [0.4, 0.5) is 4.79 Å². The van der Waals surface area contributed by atoms with Crippen molar-refractivity contribution in [2.24, 2.45) is 5.92 Å². The molecule has 0 aromatic rings. The standard InChI is InChI=1S/C10H17NO4/c1-2-4-8(9(12)13)7-11-5-3-6-15-10(11)14/h8H,2-7H2,1H3,(H,12,13). The van der Waals surface area contributed by atoms with Gasteiger partial charge in [0.15, 0.2) is 0 Å². The molecule has 0 aliphatic carbocycles. The number of rotatable bonds is 5. The number of carbonyl (C=O) groups excluding carboxylic acids is 1. The summed E-state index contributed by atoms with van der Waals surface area (Å²) in [6.45, 7) is 3.25. The van der Waals surface area contributed by atoms with Crippen LogP contribution in [0, 0.1) is 5.92 Å². The van der Waals surface area contributed by atoms with E-state index in [2.05, 4.69) is 0 Å². The highest BCUT2D eigenvalue weighted by atomic mass is 16.6. The molecule has 1 aliphatic heterocycles. The first-order valence-electron chi connectivity index (χ1n) is 5.29. The van der Waals surface area contributed by atoms with E-state index in [9.17, 15) is 9.59 Å². The fourth-order valence-corrected chi connectivity index (χ4v) is 1.67. The van der Waals surface area contributed by atoms with Gasteiger partial charge in [0.1, 0.15) is 0 Å². The lowest BCUT2D eigenvalue weighted by Gasteiger charge is -2.28. The summed E-state index contributed by atoms with van der Waals surface area (Å²) < 4.78 is 4.84. The van der Waals surface area contributed by atoms with E-state index in [1.165, 1.54) is 4.90 Å². The Morgan fingerprint density at radius 2 is 2.40 bits per heavy atom. The van der Waals surface area contributed by atoms with E-state index in [0.717, 1.165) is 12.8 Å².